The highest BCUT2D eigenvalue weighted by Crippen LogP contribution is 2.38. The van der Waals surface area contributed by atoms with E-state index in [0.29, 0.717) is 17.8 Å². The predicted molar refractivity (Wildman–Crippen MR) is 134 cm³/mol. The number of benzene rings is 1. The van der Waals surface area contributed by atoms with E-state index < -0.39 is 17.3 Å². The SMILES string of the molecule is COc1ccc(CN2C(=O)CC(C(C)c3c#[n+]n(CC(C(C)=N)=C(C)P)c3)C(=O)C2(C)C)cc1F. The third-order valence-corrected chi connectivity index (χ3v) is 7.15. The van der Waals surface area contributed by atoms with Gasteiger partial charge in [-0.15, -0.1) is 9.24 Å². The van der Waals surface area contributed by atoms with Gasteiger partial charge in [-0.05, 0) is 55.4 Å². The number of carbonyl (C=O) groups excluding carboxylic acids is 2. The van der Waals surface area contributed by atoms with Gasteiger partial charge in [0.05, 0.1) is 23.9 Å². The molecule has 1 aliphatic rings. The molecule has 3 rings (SSSR count). The molecule has 1 aromatic heterocycles. The number of nitrogens with zero attached hydrogens (tertiary/aromatic N) is 3. The summed E-state index contributed by atoms with van der Waals surface area (Å²) in [5, 5.41) is 13.2. The van der Waals surface area contributed by atoms with Crippen LogP contribution in [0, 0.1) is 23.3 Å². The Morgan fingerprint density at radius 2 is 2.06 bits per heavy atom. The summed E-state index contributed by atoms with van der Waals surface area (Å²) < 4.78 is 20.8. The topological polar surface area (TPSA) is 89.5 Å². The van der Waals surface area contributed by atoms with E-state index in [0.717, 1.165) is 16.5 Å². The van der Waals surface area contributed by atoms with Crippen LogP contribution in [0.2, 0.25) is 0 Å². The number of allylic oxidation sites excluding steroid dienone is 2. The molecule has 1 N–H and O–H groups in total. The summed E-state index contributed by atoms with van der Waals surface area (Å²) >= 11 is 0. The minimum absolute atomic E-state index is 0.0449. The average molecular weight is 500 g/mol. The van der Waals surface area contributed by atoms with E-state index in [2.05, 4.69) is 20.5 Å². The fourth-order valence-corrected chi connectivity index (χ4v) is 4.84. The third-order valence-electron chi connectivity index (χ3n) is 6.81. The van der Waals surface area contributed by atoms with E-state index in [-0.39, 0.29) is 36.3 Å². The lowest BCUT2D eigenvalue weighted by atomic mass is 9.73. The number of methoxy groups -OCH3 is 1. The minimum Gasteiger partial charge on any atom is -0.494 e. The van der Waals surface area contributed by atoms with Crippen molar-refractivity contribution >= 4 is 26.6 Å². The van der Waals surface area contributed by atoms with E-state index in [1.165, 1.54) is 24.1 Å². The summed E-state index contributed by atoms with van der Waals surface area (Å²) in [6.45, 7) is 9.63. The first-order valence-electron chi connectivity index (χ1n) is 11.5. The van der Waals surface area contributed by atoms with Crippen molar-refractivity contribution in [3.63, 3.8) is 0 Å². The molecular weight excluding hydrogens is 466 g/mol. The van der Waals surface area contributed by atoms with Gasteiger partial charge in [0.2, 0.25) is 5.91 Å². The number of hydrogen-bond donors (Lipinski definition) is 1. The molecule has 0 bridgehead atoms. The van der Waals surface area contributed by atoms with Crippen LogP contribution in [0.4, 0.5) is 4.39 Å². The van der Waals surface area contributed by atoms with Crippen LogP contribution < -0.4 is 9.84 Å². The molecule has 3 atom stereocenters. The molecule has 0 radical (unpaired) electrons. The molecule has 7 nitrogen and oxygen atoms in total. The number of nitrogens with one attached hydrogen (secondary N) is 1. The molecular formula is C26H33FN4O3P+. The number of likely N-dealkylation sites (tertiary alicyclic amines) is 1. The van der Waals surface area contributed by atoms with Crippen LogP contribution in [0.25, 0.3) is 0 Å². The van der Waals surface area contributed by atoms with E-state index in [4.69, 9.17) is 10.1 Å². The lowest BCUT2D eigenvalue weighted by Crippen LogP contribution is -2.59. The van der Waals surface area contributed by atoms with Crippen molar-refractivity contribution in [2.75, 3.05) is 7.11 Å². The van der Waals surface area contributed by atoms with Crippen LogP contribution in [0.1, 0.15) is 58.1 Å². The number of amides is 1. The lowest BCUT2D eigenvalue weighted by Gasteiger charge is -2.45. The normalized spacial score (nSPS) is 19.2. The van der Waals surface area contributed by atoms with E-state index >= 15 is 0 Å². The van der Waals surface area contributed by atoms with Crippen LogP contribution in [0.3, 0.4) is 0 Å². The van der Waals surface area contributed by atoms with Gasteiger partial charge >= 0.3 is 6.20 Å². The summed E-state index contributed by atoms with van der Waals surface area (Å²) in [6, 6.07) is 4.55. The van der Waals surface area contributed by atoms with Crippen molar-refractivity contribution in [1.29, 1.82) is 5.41 Å². The van der Waals surface area contributed by atoms with Gasteiger partial charge < -0.3 is 15.0 Å². The molecule has 1 saturated heterocycles. The van der Waals surface area contributed by atoms with Gasteiger partial charge in [-0.2, -0.15) is 0 Å². The Bertz CT molecular complexity index is 1180. The van der Waals surface area contributed by atoms with Gasteiger partial charge in [-0.3, -0.25) is 9.59 Å². The summed E-state index contributed by atoms with van der Waals surface area (Å²) in [7, 11) is 4.01. The van der Waals surface area contributed by atoms with E-state index in [9.17, 15) is 14.0 Å². The maximum Gasteiger partial charge on any atom is 0.355 e. The summed E-state index contributed by atoms with van der Waals surface area (Å²) in [6.07, 6.45) is 4.90. The molecule has 1 aliphatic heterocycles. The predicted octanol–water partition coefficient (Wildman–Crippen LogP) is 3.72. The van der Waals surface area contributed by atoms with Gasteiger partial charge in [0, 0.05) is 36.1 Å². The second-order valence-electron chi connectivity index (χ2n) is 9.65. The third kappa shape index (κ3) is 5.46. The van der Waals surface area contributed by atoms with Gasteiger partial charge in [0.1, 0.15) is 12.1 Å². The highest BCUT2D eigenvalue weighted by atomic mass is 31.0. The first-order valence-corrected chi connectivity index (χ1v) is 12.1. The zero-order chi connectivity index (χ0) is 26.1. The molecule has 0 spiro atoms. The van der Waals surface area contributed by atoms with Crippen molar-refractivity contribution in [3.8, 4) is 5.75 Å². The van der Waals surface area contributed by atoms with Crippen LogP contribution in [0.5, 0.6) is 5.75 Å². The van der Waals surface area contributed by atoms with Crippen LogP contribution >= 0.6 is 9.24 Å². The highest BCUT2D eigenvalue weighted by Gasteiger charge is 2.49. The number of hydrogen-bond acceptors (Lipinski definition) is 4. The largest absolute Gasteiger partial charge is 0.494 e. The molecule has 1 amide bonds. The molecule has 1 fully saturated rings. The van der Waals surface area contributed by atoms with Crippen molar-refractivity contribution < 1.29 is 23.8 Å². The van der Waals surface area contributed by atoms with Gasteiger partial charge in [0.25, 0.3) is 0 Å². The van der Waals surface area contributed by atoms with Crippen molar-refractivity contribution in [3.05, 3.63) is 58.4 Å². The number of rotatable bonds is 8. The molecule has 2 heterocycles. The Balaban J connectivity index is 1.79. The highest BCUT2D eigenvalue weighted by molar-refractivity contribution is 7.22. The number of ketones is 1. The Kier molecular flexibility index (Phi) is 7.81. The lowest BCUT2D eigenvalue weighted by molar-refractivity contribution is -0.415. The molecule has 2 aromatic rings. The molecule has 0 saturated carbocycles. The van der Waals surface area contributed by atoms with E-state index in [1.54, 1.807) is 31.5 Å². The number of piperidine rings is 1. The monoisotopic (exact) mass is 499 g/mol. The maximum absolute atomic E-state index is 14.2. The van der Waals surface area contributed by atoms with Gasteiger partial charge in [0.15, 0.2) is 17.3 Å². The minimum atomic E-state index is -1.05. The standard InChI is InChI=1S/C26H33FN4O3P/c1-15(19-11-29-30(13-19)14-21(16(2)28)17(3)35)20-10-24(32)31(26(4,5)25(20)33)12-18-7-8-23(34-6)22(27)9-18/h7-9,13,15,20,28H,10,12,14,35H2,1-6H3/q+1. The Morgan fingerprint density at radius 1 is 1.37 bits per heavy atom. The second-order valence-corrected chi connectivity index (χ2v) is 10.5. The van der Waals surface area contributed by atoms with Crippen LogP contribution in [-0.2, 0) is 22.7 Å². The van der Waals surface area contributed by atoms with Crippen LogP contribution in [-0.4, -0.2) is 39.6 Å². The Morgan fingerprint density at radius 3 is 2.63 bits per heavy atom. The Labute approximate surface area is 208 Å². The molecule has 0 aliphatic carbocycles. The van der Waals surface area contributed by atoms with Crippen molar-refractivity contribution in [2.24, 2.45) is 5.92 Å². The molecule has 9 heteroatoms. The van der Waals surface area contributed by atoms with Crippen molar-refractivity contribution in [2.45, 2.75) is 65.6 Å². The number of ether oxygens (including phenoxy) is 1. The number of carbonyl (C=O) groups is 2. The number of halogens is 1. The smallest absolute Gasteiger partial charge is 0.355 e. The molecule has 186 valence electrons. The van der Waals surface area contributed by atoms with Crippen LogP contribution in [0.15, 0.2) is 35.3 Å². The number of Topliss-reactive ketones (excluding diaryl/α,β-unsaturated/α-hetero) is 1. The first-order chi connectivity index (χ1) is 16.4. The summed E-state index contributed by atoms with van der Waals surface area (Å²) in [5.74, 6) is -1.35. The van der Waals surface area contributed by atoms with Crippen molar-refractivity contribution in [1.82, 2.24) is 9.58 Å². The molecule has 3 unspecified atom stereocenters. The van der Waals surface area contributed by atoms with Gasteiger partial charge in [-0.25, -0.2) is 4.39 Å². The second kappa shape index (κ2) is 10.3. The first kappa shape index (κ1) is 26.6. The zero-order valence-corrected chi connectivity index (χ0v) is 22.3. The molecule has 35 heavy (non-hydrogen) atoms. The summed E-state index contributed by atoms with van der Waals surface area (Å²) in [5.41, 5.74) is 1.62. The van der Waals surface area contributed by atoms with E-state index in [1.807, 2.05) is 20.0 Å². The maximum atomic E-state index is 14.2. The Hall–Kier alpha value is -3.04. The number of aromatic nitrogens is 2. The zero-order valence-electron chi connectivity index (χ0n) is 21.1. The quantitative estimate of drug-likeness (QED) is 0.443. The fraction of sp³-hybridized carbons (Fsp3) is 0.462. The van der Waals surface area contributed by atoms with Gasteiger partial charge in [-0.1, -0.05) is 13.0 Å². The fourth-order valence-electron chi connectivity index (χ4n) is 4.53. The summed E-state index contributed by atoms with van der Waals surface area (Å²) in [4.78, 5) is 28.3. The molecule has 1 aromatic carbocycles. The average Bonchev–Trinajstić information content (AvgIpc) is 3.26.